The first-order valence-electron chi connectivity index (χ1n) is 6.21. The Morgan fingerprint density at radius 1 is 1.39 bits per heavy atom. The van der Waals surface area contributed by atoms with Gasteiger partial charge in [0.15, 0.2) is 6.10 Å². The molecule has 4 heteroatoms. The lowest BCUT2D eigenvalue weighted by Gasteiger charge is -2.09. The smallest absolute Gasteiger partial charge is 0.273 e. The van der Waals surface area contributed by atoms with Crippen LogP contribution in [0.3, 0.4) is 0 Å². The van der Waals surface area contributed by atoms with Gasteiger partial charge in [-0.05, 0) is 25.3 Å². The summed E-state index contributed by atoms with van der Waals surface area (Å²) < 4.78 is 0. The fourth-order valence-electron chi connectivity index (χ4n) is 1.49. The molecule has 0 spiro atoms. The van der Waals surface area contributed by atoms with E-state index in [2.05, 4.69) is 17.5 Å². The fourth-order valence-corrected chi connectivity index (χ4v) is 1.49. The number of nitrogens with zero attached hydrogens (tertiary/aromatic N) is 1. The molecule has 0 fully saturated rings. The highest BCUT2D eigenvalue weighted by atomic mass is 16.3. The van der Waals surface area contributed by atoms with Crippen LogP contribution in [0.4, 0.5) is 0 Å². The largest absolute Gasteiger partial charge is 0.378 e. The number of rotatable bonds is 6. The highest BCUT2D eigenvalue weighted by Gasteiger charge is 2.16. The molecule has 0 aliphatic rings. The van der Waals surface area contributed by atoms with E-state index in [1.54, 1.807) is 24.3 Å². The minimum atomic E-state index is -1.17. The van der Waals surface area contributed by atoms with Gasteiger partial charge >= 0.3 is 0 Å². The highest BCUT2D eigenvalue weighted by Crippen LogP contribution is 2.11. The minimum absolute atomic E-state index is 0.503. The number of carbonyl (C=O) groups is 1. The molecule has 0 saturated heterocycles. The van der Waals surface area contributed by atoms with Gasteiger partial charge in [-0.1, -0.05) is 43.7 Å². The molecule has 0 unspecified atom stereocenters. The van der Waals surface area contributed by atoms with E-state index < -0.39 is 12.0 Å². The number of amides is 1. The summed E-state index contributed by atoms with van der Waals surface area (Å²) in [5, 5.41) is 13.8. The number of hydrogen-bond acceptors (Lipinski definition) is 3. The number of unbranched alkanes of at least 4 members (excludes halogenated alkanes) is 1. The lowest BCUT2D eigenvalue weighted by molar-refractivity contribution is -0.129. The molecule has 1 aromatic carbocycles. The third-order valence-electron chi connectivity index (χ3n) is 2.61. The van der Waals surface area contributed by atoms with Gasteiger partial charge in [-0.15, -0.1) is 0 Å². The van der Waals surface area contributed by atoms with Gasteiger partial charge in [0.25, 0.3) is 5.91 Å². The molecule has 1 atom stereocenters. The van der Waals surface area contributed by atoms with E-state index in [0.717, 1.165) is 25.0 Å². The zero-order valence-electron chi connectivity index (χ0n) is 10.9. The summed E-state index contributed by atoms with van der Waals surface area (Å²) >= 11 is 0. The summed E-state index contributed by atoms with van der Waals surface area (Å²) in [6.07, 6.45) is 1.83. The minimum Gasteiger partial charge on any atom is -0.378 e. The van der Waals surface area contributed by atoms with Crippen molar-refractivity contribution in [3.05, 3.63) is 35.9 Å². The van der Waals surface area contributed by atoms with Gasteiger partial charge in [0.05, 0.1) is 0 Å². The lowest BCUT2D eigenvalue weighted by atomic mass is 10.1. The monoisotopic (exact) mass is 248 g/mol. The number of nitrogens with one attached hydrogen (secondary N) is 1. The molecule has 4 nitrogen and oxygen atoms in total. The molecule has 1 rings (SSSR count). The maximum Gasteiger partial charge on any atom is 0.273 e. The molecule has 2 N–H and O–H groups in total. The topological polar surface area (TPSA) is 61.7 Å². The second-order valence-electron chi connectivity index (χ2n) is 4.24. The first-order valence-corrected chi connectivity index (χ1v) is 6.21. The van der Waals surface area contributed by atoms with Crippen LogP contribution in [-0.4, -0.2) is 16.7 Å². The van der Waals surface area contributed by atoms with Crippen molar-refractivity contribution in [1.29, 1.82) is 0 Å². The van der Waals surface area contributed by atoms with E-state index in [0.29, 0.717) is 5.56 Å². The van der Waals surface area contributed by atoms with Gasteiger partial charge in [0.2, 0.25) is 0 Å². The predicted octanol–water partition coefficient (Wildman–Crippen LogP) is 2.40. The van der Waals surface area contributed by atoms with E-state index in [9.17, 15) is 9.90 Å². The van der Waals surface area contributed by atoms with Crippen LogP contribution in [0, 0.1) is 0 Å². The Balaban J connectivity index is 2.51. The van der Waals surface area contributed by atoms with Crippen molar-refractivity contribution in [1.82, 2.24) is 5.43 Å². The van der Waals surface area contributed by atoms with Crippen molar-refractivity contribution >= 4 is 11.6 Å². The van der Waals surface area contributed by atoms with Crippen LogP contribution < -0.4 is 5.43 Å². The standard InChI is InChI=1S/C14H20N2O2/c1-3-4-8-11(2)15-16-14(18)13(17)12-9-6-5-7-10-12/h5-7,9-10,13,17H,3-4,8H2,1-2H3,(H,16,18)/b15-11-/t13-/m0/s1. The van der Waals surface area contributed by atoms with E-state index in [1.807, 2.05) is 13.0 Å². The molecule has 0 aromatic heterocycles. The molecule has 0 aliphatic carbocycles. The van der Waals surface area contributed by atoms with E-state index in [4.69, 9.17) is 0 Å². The van der Waals surface area contributed by atoms with Crippen molar-refractivity contribution < 1.29 is 9.90 Å². The van der Waals surface area contributed by atoms with Crippen molar-refractivity contribution in [2.75, 3.05) is 0 Å². The maximum absolute atomic E-state index is 11.7. The summed E-state index contributed by atoms with van der Waals surface area (Å²) in [4.78, 5) is 11.7. The zero-order valence-corrected chi connectivity index (χ0v) is 10.9. The second kappa shape index (κ2) is 7.61. The summed E-state index contributed by atoms with van der Waals surface area (Å²) in [6.45, 7) is 3.97. The van der Waals surface area contributed by atoms with Crippen LogP contribution in [0.2, 0.25) is 0 Å². The number of carbonyl (C=O) groups excluding carboxylic acids is 1. The third kappa shape index (κ3) is 4.67. The predicted molar refractivity (Wildman–Crippen MR) is 72.2 cm³/mol. The summed E-state index contributed by atoms with van der Waals surface area (Å²) in [7, 11) is 0. The molecular formula is C14H20N2O2. The average molecular weight is 248 g/mol. The quantitative estimate of drug-likeness (QED) is 0.600. The zero-order chi connectivity index (χ0) is 13.4. The van der Waals surface area contributed by atoms with E-state index in [-0.39, 0.29) is 0 Å². The van der Waals surface area contributed by atoms with Crippen LogP contribution in [0.15, 0.2) is 35.4 Å². The number of hydrazone groups is 1. The number of benzene rings is 1. The van der Waals surface area contributed by atoms with E-state index >= 15 is 0 Å². The SMILES string of the molecule is CCCC/C(C)=N\NC(=O)[C@@H](O)c1ccccc1. The highest BCUT2D eigenvalue weighted by molar-refractivity contribution is 5.86. The molecule has 98 valence electrons. The molecule has 0 heterocycles. The summed E-state index contributed by atoms with van der Waals surface area (Å²) in [5.41, 5.74) is 3.82. The Morgan fingerprint density at radius 3 is 2.67 bits per heavy atom. The van der Waals surface area contributed by atoms with Crippen molar-refractivity contribution in [2.45, 2.75) is 39.2 Å². The third-order valence-corrected chi connectivity index (χ3v) is 2.61. The Hall–Kier alpha value is -1.68. The molecular weight excluding hydrogens is 228 g/mol. The first-order chi connectivity index (χ1) is 8.65. The Kier molecular flexibility index (Phi) is 6.08. The normalized spacial score (nSPS) is 13.2. The van der Waals surface area contributed by atoms with Crippen LogP contribution in [0.5, 0.6) is 0 Å². The second-order valence-corrected chi connectivity index (χ2v) is 4.24. The molecule has 0 bridgehead atoms. The summed E-state index contributed by atoms with van der Waals surface area (Å²) in [6, 6.07) is 8.81. The molecule has 0 aliphatic heterocycles. The first kappa shape index (κ1) is 14.4. The maximum atomic E-state index is 11.7. The van der Waals surface area contributed by atoms with Gasteiger partial charge in [-0.3, -0.25) is 4.79 Å². The molecule has 1 aromatic rings. The van der Waals surface area contributed by atoms with Gasteiger partial charge in [-0.25, -0.2) is 5.43 Å². The van der Waals surface area contributed by atoms with Crippen LogP contribution >= 0.6 is 0 Å². The van der Waals surface area contributed by atoms with Gasteiger partial charge in [0, 0.05) is 5.71 Å². The van der Waals surface area contributed by atoms with Crippen LogP contribution in [0.25, 0.3) is 0 Å². The Bertz CT molecular complexity index is 402. The average Bonchev–Trinajstić information content (AvgIpc) is 2.42. The lowest BCUT2D eigenvalue weighted by Crippen LogP contribution is -2.25. The van der Waals surface area contributed by atoms with Crippen molar-refractivity contribution in [3.63, 3.8) is 0 Å². The number of hydrogen-bond donors (Lipinski definition) is 2. The van der Waals surface area contributed by atoms with Crippen molar-refractivity contribution in [3.8, 4) is 0 Å². The molecule has 1 amide bonds. The summed E-state index contributed by atoms with van der Waals surface area (Å²) in [5.74, 6) is -0.503. The van der Waals surface area contributed by atoms with Gasteiger partial charge < -0.3 is 5.11 Å². The molecule has 0 radical (unpaired) electrons. The van der Waals surface area contributed by atoms with Gasteiger partial charge in [-0.2, -0.15) is 5.10 Å². The molecule has 0 saturated carbocycles. The Labute approximate surface area is 108 Å². The van der Waals surface area contributed by atoms with Crippen LogP contribution in [-0.2, 0) is 4.79 Å². The Morgan fingerprint density at radius 2 is 2.06 bits per heavy atom. The fraction of sp³-hybridized carbons (Fsp3) is 0.429. The van der Waals surface area contributed by atoms with Crippen LogP contribution in [0.1, 0.15) is 44.8 Å². The number of aliphatic hydroxyl groups excluding tert-OH is 1. The van der Waals surface area contributed by atoms with Crippen molar-refractivity contribution in [2.24, 2.45) is 5.10 Å². The van der Waals surface area contributed by atoms with E-state index in [1.165, 1.54) is 0 Å². The number of aliphatic hydroxyl groups is 1. The van der Waals surface area contributed by atoms with Gasteiger partial charge in [0.1, 0.15) is 0 Å². The molecule has 18 heavy (non-hydrogen) atoms.